The maximum atomic E-state index is 12.6. The molecular weight excluding hydrogens is 398 g/mol. The van der Waals surface area contributed by atoms with Gasteiger partial charge in [-0.05, 0) is 37.6 Å². The number of amides is 1. The Bertz CT molecular complexity index is 855. The molecule has 8 nitrogen and oxygen atoms in total. The Morgan fingerprint density at radius 2 is 1.97 bits per heavy atom. The standard InChI is InChI=1S/C20H26F2N4O4/c1-13-7-10-29-17(13)18(27)24-8-4-9-25-20(23-2)26-12-14-11-15(28-3)5-6-16(14)30-19(21)22/h5-7,10-11,19H,4,8-9,12H2,1-3H3,(H,24,27)(H2,23,25,26). The summed E-state index contributed by atoms with van der Waals surface area (Å²) < 4.78 is 40.0. The first-order valence-electron chi connectivity index (χ1n) is 9.33. The van der Waals surface area contributed by atoms with E-state index in [0.717, 1.165) is 5.56 Å². The molecule has 2 rings (SSSR count). The molecule has 0 atom stereocenters. The number of benzene rings is 1. The quantitative estimate of drug-likeness (QED) is 0.308. The van der Waals surface area contributed by atoms with Gasteiger partial charge in [0.2, 0.25) is 0 Å². The zero-order valence-corrected chi connectivity index (χ0v) is 17.1. The number of halogens is 2. The predicted octanol–water partition coefficient (Wildman–Crippen LogP) is 2.68. The molecule has 0 radical (unpaired) electrons. The smallest absolute Gasteiger partial charge is 0.387 e. The molecule has 0 aliphatic rings. The second-order valence-electron chi connectivity index (χ2n) is 6.25. The molecule has 2 aromatic rings. The van der Waals surface area contributed by atoms with E-state index in [2.05, 4.69) is 25.7 Å². The van der Waals surface area contributed by atoms with Crippen LogP contribution in [0.3, 0.4) is 0 Å². The summed E-state index contributed by atoms with van der Waals surface area (Å²) in [6.45, 7) is 0.0685. The molecule has 164 valence electrons. The summed E-state index contributed by atoms with van der Waals surface area (Å²) in [6.07, 6.45) is 2.12. The van der Waals surface area contributed by atoms with Gasteiger partial charge in [-0.1, -0.05) is 0 Å². The molecule has 0 unspecified atom stereocenters. The van der Waals surface area contributed by atoms with E-state index in [1.165, 1.54) is 19.4 Å². The summed E-state index contributed by atoms with van der Waals surface area (Å²) >= 11 is 0. The summed E-state index contributed by atoms with van der Waals surface area (Å²) in [6, 6.07) is 6.32. The number of furan rings is 1. The number of ether oxygens (including phenoxy) is 2. The fourth-order valence-corrected chi connectivity index (χ4v) is 2.61. The second kappa shape index (κ2) is 11.6. The van der Waals surface area contributed by atoms with Crippen LogP contribution >= 0.6 is 0 Å². The third kappa shape index (κ3) is 6.94. The van der Waals surface area contributed by atoms with Crippen LogP contribution in [-0.2, 0) is 6.54 Å². The van der Waals surface area contributed by atoms with Crippen molar-refractivity contribution in [3.05, 3.63) is 47.4 Å². The Balaban J connectivity index is 1.78. The molecule has 0 saturated carbocycles. The summed E-state index contributed by atoms with van der Waals surface area (Å²) in [5.41, 5.74) is 1.28. The number of hydrogen-bond acceptors (Lipinski definition) is 5. The highest BCUT2D eigenvalue weighted by Crippen LogP contribution is 2.25. The molecule has 0 spiro atoms. The Hall–Kier alpha value is -3.30. The van der Waals surface area contributed by atoms with Crippen LogP contribution in [0.15, 0.2) is 39.9 Å². The number of carbonyl (C=O) groups is 1. The van der Waals surface area contributed by atoms with Gasteiger partial charge in [0.25, 0.3) is 5.91 Å². The lowest BCUT2D eigenvalue weighted by atomic mass is 10.2. The van der Waals surface area contributed by atoms with Gasteiger partial charge in [0.15, 0.2) is 11.7 Å². The Morgan fingerprint density at radius 3 is 2.60 bits per heavy atom. The van der Waals surface area contributed by atoms with Crippen molar-refractivity contribution >= 4 is 11.9 Å². The van der Waals surface area contributed by atoms with Gasteiger partial charge in [-0.15, -0.1) is 0 Å². The monoisotopic (exact) mass is 424 g/mol. The molecule has 0 saturated heterocycles. The van der Waals surface area contributed by atoms with Crippen LogP contribution in [0, 0.1) is 6.92 Å². The molecule has 3 N–H and O–H groups in total. The number of methoxy groups -OCH3 is 1. The normalized spacial score (nSPS) is 11.3. The van der Waals surface area contributed by atoms with Gasteiger partial charge in [0, 0.05) is 37.8 Å². The average molecular weight is 424 g/mol. The van der Waals surface area contributed by atoms with Crippen LogP contribution < -0.4 is 25.4 Å². The van der Waals surface area contributed by atoms with Gasteiger partial charge in [-0.25, -0.2) is 0 Å². The van der Waals surface area contributed by atoms with Crippen molar-refractivity contribution in [2.24, 2.45) is 4.99 Å². The summed E-state index contributed by atoms with van der Waals surface area (Å²) in [7, 11) is 3.09. The van der Waals surface area contributed by atoms with E-state index >= 15 is 0 Å². The molecule has 1 amide bonds. The highest BCUT2D eigenvalue weighted by atomic mass is 19.3. The average Bonchev–Trinajstić information content (AvgIpc) is 3.16. The fourth-order valence-electron chi connectivity index (χ4n) is 2.61. The maximum Gasteiger partial charge on any atom is 0.387 e. The number of aryl methyl sites for hydroxylation is 1. The molecule has 0 aliphatic carbocycles. The lowest BCUT2D eigenvalue weighted by Gasteiger charge is -2.15. The van der Waals surface area contributed by atoms with E-state index in [-0.39, 0.29) is 18.2 Å². The van der Waals surface area contributed by atoms with Crippen LogP contribution in [-0.4, -0.2) is 45.7 Å². The zero-order chi connectivity index (χ0) is 21.9. The van der Waals surface area contributed by atoms with E-state index in [1.807, 2.05) is 0 Å². The van der Waals surface area contributed by atoms with Gasteiger partial charge in [-0.2, -0.15) is 8.78 Å². The minimum Gasteiger partial charge on any atom is -0.497 e. The van der Waals surface area contributed by atoms with Gasteiger partial charge in [0.1, 0.15) is 11.5 Å². The molecule has 0 bridgehead atoms. The van der Waals surface area contributed by atoms with Crippen molar-refractivity contribution in [3.8, 4) is 11.5 Å². The lowest BCUT2D eigenvalue weighted by molar-refractivity contribution is -0.0505. The van der Waals surface area contributed by atoms with Crippen molar-refractivity contribution in [3.63, 3.8) is 0 Å². The topological polar surface area (TPSA) is 97.1 Å². The van der Waals surface area contributed by atoms with E-state index in [9.17, 15) is 13.6 Å². The Labute approximate surface area is 173 Å². The highest BCUT2D eigenvalue weighted by Gasteiger charge is 2.13. The number of alkyl halides is 2. The molecule has 1 aromatic carbocycles. The number of hydrogen-bond donors (Lipinski definition) is 3. The van der Waals surface area contributed by atoms with Crippen LogP contribution in [0.2, 0.25) is 0 Å². The predicted molar refractivity (Wildman–Crippen MR) is 108 cm³/mol. The van der Waals surface area contributed by atoms with E-state index in [1.54, 1.807) is 32.2 Å². The molecule has 30 heavy (non-hydrogen) atoms. The van der Waals surface area contributed by atoms with Crippen molar-refractivity contribution in [1.29, 1.82) is 0 Å². The number of nitrogens with one attached hydrogen (secondary N) is 3. The summed E-state index contributed by atoms with van der Waals surface area (Å²) in [4.78, 5) is 16.1. The molecule has 10 heteroatoms. The highest BCUT2D eigenvalue weighted by molar-refractivity contribution is 5.92. The summed E-state index contributed by atoms with van der Waals surface area (Å²) in [5, 5.41) is 8.91. The molecule has 0 aliphatic heterocycles. The number of nitrogens with zero attached hydrogens (tertiary/aromatic N) is 1. The minimum absolute atomic E-state index is 0.0599. The molecule has 0 fully saturated rings. The van der Waals surface area contributed by atoms with Crippen molar-refractivity contribution in [2.75, 3.05) is 27.2 Å². The first-order valence-corrected chi connectivity index (χ1v) is 9.33. The first-order chi connectivity index (χ1) is 14.4. The number of guanidine groups is 1. The SMILES string of the molecule is CN=C(NCCCNC(=O)c1occc1C)NCc1cc(OC)ccc1OC(F)F. The maximum absolute atomic E-state index is 12.6. The number of carbonyl (C=O) groups excluding carboxylic acids is 1. The van der Waals surface area contributed by atoms with Crippen LogP contribution in [0.25, 0.3) is 0 Å². The van der Waals surface area contributed by atoms with Crippen LogP contribution in [0.1, 0.15) is 28.1 Å². The zero-order valence-electron chi connectivity index (χ0n) is 17.1. The Kier molecular flexibility index (Phi) is 8.92. The third-order valence-corrected chi connectivity index (χ3v) is 4.15. The largest absolute Gasteiger partial charge is 0.497 e. The van der Waals surface area contributed by atoms with E-state index < -0.39 is 6.61 Å². The molecule has 1 aromatic heterocycles. The fraction of sp³-hybridized carbons (Fsp3) is 0.400. The third-order valence-electron chi connectivity index (χ3n) is 4.15. The Morgan fingerprint density at radius 1 is 1.20 bits per heavy atom. The van der Waals surface area contributed by atoms with E-state index in [0.29, 0.717) is 42.5 Å². The minimum atomic E-state index is -2.92. The van der Waals surface area contributed by atoms with Crippen LogP contribution in [0.5, 0.6) is 11.5 Å². The van der Waals surface area contributed by atoms with E-state index in [4.69, 9.17) is 9.15 Å². The second-order valence-corrected chi connectivity index (χ2v) is 6.25. The number of rotatable bonds is 10. The lowest BCUT2D eigenvalue weighted by Crippen LogP contribution is -2.38. The van der Waals surface area contributed by atoms with Crippen molar-refractivity contribution in [2.45, 2.75) is 26.5 Å². The van der Waals surface area contributed by atoms with Crippen molar-refractivity contribution < 1.29 is 27.5 Å². The summed E-state index contributed by atoms with van der Waals surface area (Å²) in [5.74, 6) is 1.11. The van der Waals surface area contributed by atoms with Gasteiger partial charge >= 0.3 is 6.61 Å². The van der Waals surface area contributed by atoms with Gasteiger partial charge < -0.3 is 29.8 Å². The van der Waals surface area contributed by atoms with Crippen molar-refractivity contribution in [1.82, 2.24) is 16.0 Å². The van der Waals surface area contributed by atoms with Crippen LogP contribution in [0.4, 0.5) is 8.78 Å². The number of aliphatic imine (C=N–C) groups is 1. The molecular formula is C20H26F2N4O4. The van der Waals surface area contributed by atoms with Gasteiger partial charge in [-0.3, -0.25) is 9.79 Å². The molecule has 1 heterocycles. The van der Waals surface area contributed by atoms with Gasteiger partial charge in [0.05, 0.1) is 13.4 Å². The first kappa shape index (κ1) is 23.0.